The predicted octanol–water partition coefficient (Wildman–Crippen LogP) is 0.301. The third kappa shape index (κ3) is 4.48. The number of hydrogen-bond donors (Lipinski definition) is 2. The van der Waals surface area contributed by atoms with Crippen LogP contribution in [-0.2, 0) is 11.3 Å². The molecule has 19 heavy (non-hydrogen) atoms. The Balaban J connectivity index is 1.83. The van der Waals surface area contributed by atoms with Gasteiger partial charge < -0.3 is 15.5 Å². The van der Waals surface area contributed by atoms with Crippen LogP contribution in [0.25, 0.3) is 0 Å². The highest BCUT2D eigenvalue weighted by atomic mass is 16.2. The van der Waals surface area contributed by atoms with E-state index in [1.807, 2.05) is 26.4 Å². The minimum absolute atomic E-state index is 0.0203. The van der Waals surface area contributed by atoms with Gasteiger partial charge in [-0.3, -0.25) is 4.79 Å². The van der Waals surface area contributed by atoms with E-state index in [0.29, 0.717) is 18.5 Å². The van der Waals surface area contributed by atoms with E-state index in [0.717, 1.165) is 12.1 Å². The van der Waals surface area contributed by atoms with E-state index in [2.05, 4.69) is 20.6 Å². The lowest BCUT2D eigenvalue weighted by Gasteiger charge is -2.16. The van der Waals surface area contributed by atoms with Gasteiger partial charge in [0, 0.05) is 44.1 Å². The van der Waals surface area contributed by atoms with Crippen molar-refractivity contribution in [1.29, 1.82) is 0 Å². The lowest BCUT2D eigenvalue weighted by atomic mass is 10.3. The van der Waals surface area contributed by atoms with E-state index in [1.165, 1.54) is 12.8 Å². The maximum absolute atomic E-state index is 11.5. The molecule has 1 aliphatic carbocycles. The Kier molecular flexibility index (Phi) is 4.68. The highest BCUT2D eigenvalue weighted by molar-refractivity contribution is 5.80. The SMILES string of the molecule is CCNC(=O)CN(C)c1ncc(CNC2CC2)cn1. The van der Waals surface area contributed by atoms with Crippen molar-refractivity contribution < 1.29 is 4.79 Å². The molecule has 1 amide bonds. The van der Waals surface area contributed by atoms with Crippen LogP contribution >= 0.6 is 0 Å². The van der Waals surface area contributed by atoms with Crippen molar-refractivity contribution in [2.45, 2.75) is 32.4 Å². The number of nitrogens with one attached hydrogen (secondary N) is 2. The van der Waals surface area contributed by atoms with E-state index in [-0.39, 0.29) is 12.5 Å². The summed E-state index contributed by atoms with van der Waals surface area (Å²) in [4.78, 5) is 21.8. The van der Waals surface area contributed by atoms with E-state index in [4.69, 9.17) is 0 Å². The average molecular weight is 263 g/mol. The van der Waals surface area contributed by atoms with Crippen molar-refractivity contribution in [1.82, 2.24) is 20.6 Å². The Bertz CT molecular complexity index is 416. The maximum atomic E-state index is 11.5. The molecule has 0 saturated heterocycles. The molecule has 1 aliphatic rings. The number of aromatic nitrogens is 2. The molecule has 1 fully saturated rings. The van der Waals surface area contributed by atoms with Crippen molar-refractivity contribution in [2.24, 2.45) is 0 Å². The minimum Gasteiger partial charge on any atom is -0.355 e. The van der Waals surface area contributed by atoms with Gasteiger partial charge in [0.25, 0.3) is 0 Å². The molecule has 0 atom stereocenters. The molecule has 0 unspecified atom stereocenters. The quantitative estimate of drug-likeness (QED) is 0.740. The van der Waals surface area contributed by atoms with Gasteiger partial charge in [-0.2, -0.15) is 0 Å². The summed E-state index contributed by atoms with van der Waals surface area (Å²) in [6.07, 6.45) is 6.17. The first-order valence-corrected chi connectivity index (χ1v) is 6.71. The van der Waals surface area contributed by atoms with Gasteiger partial charge in [-0.1, -0.05) is 0 Å². The predicted molar refractivity (Wildman–Crippen MR) is 73.8 cm³/mol. The zero-order valence-electron chi connectivity index (χ0n) is 11.5. The van der Waals surface area contributed by atoms with Crippen LogP contribution in [-0.4, -0.2) is 42.1 Å². The van der Waals surface area contributed by atoms with Gasteiger partial charge >= 0.3 is 0 Å². The number of carbonyl (C=O) groups excluding carboxylic acids is 1. The first kappa shape index (κ1) is 13.7. The smallest absolute Gasteiger partial charge is 0.239 e. The van der Waals surface area contributed by atoms with Gasteiger partial charge in [-0.25, -0.2) is 9.97 Å². The topological polar surface area (TPSA) is 70.2 Å². The van der Waals surface area contributed by atoms with Crippen LogP contribution in [0.15, 0.2) is 12.4 Å². The van der Waals surface area contributed by atoms with Crippen LogP contribution < -0.4 is 15.5 Å². The van der Waals surface area contributed by atoms with Crippen molar-refractivity contribution in [3.63, 3.8) is 0 Å². The van der Waals surface area contributed by atoms with E-state index < -0.39 is 0 Å². The van der Waals surface area contributed by atoms with Crippen LogP contribution in [0.1, 0.15) is 25.3 Å². The van der Waals surface area contributed by atoms with E-state index in [9.17, 15) is 4.79 Å². The second kappa shape index (κ2) is 6.47. The molecule has 1 aromatic rings. The van der Waals surface area contributed by atoms with Crippen LogP contribution in [0.2, 0.25) is 0 Å². The molecule has 2 rings (SSSR count). The summed E-state index contributed by atoms with van der Waals surface area (Å²) < 4.78 is 0. The standard InChI is InChI=1S/C13H21N5O/c1-3-14-12(19)9-18(2)13-16-7-10(8-17-13)6-15-11-4-5-11/h7-8,11,15H,3-6,9H2,1-2H3,(H,14,19). The molecule has 6 heteroatoms. The Hall–Kier alpha value is -1.69. The molecule has 1 aromatic heterocycles. The van der Waals surface area contributed by atoms with Crippen molar-refractivity contribution in [3.05, 3.63) is 18.0 Å². The number of hydrogen-bond acceptors (Lipinski definition) is 5. The number of likely N-dealkylation sites (N-methyl/N-ethyl adjacent to an activating group) is 2. The molecule has 0 radical (unpaired) electrons. The second-order valence-electron chi connectivity index (χ2n) is 4.86. The largest absolute Gasteiger partial charge is 0.355 e. The molecule has 0 bridgehead atoms. The second-order valence-corrected chi connectivity index (χ2v) is 4.86. The van der Waals surface area contributed by atoms with Gasteiger partial charge in [0.05, 0.1) is 6.54 Å². The fourth-order valence-electron chi connectivity index (χ4n) is 1.73. The van der Waals surface area contributed by atoms with Crippen molar-refractivity contribution >= 4 is 11.9 Å². The first-order valence-electron chi connectivity index (χ1n) is 6.71. The lowest BCUT2D eigenvalue weighted by molar-refractivity contribution is -0.119. The Morgan fingerprint density at radius 2 is 2.11 bits per heavy atom. The fraction of sp³-hybridized carbons (Fsp3) is 0.615. The molecule has 1 saturated carbocycles. The number of rotatable bonds is 7. The van der Waals surface area contributed by atoms with Crippen LogP contribution in [0.4, 0.5) is 5.95 Å². The highest BCUT2D eigenvalue weighted by Crippen LogP contribution is 2.19. The molecule has 1 heterocycles. The van der Waals surface area contributed by atoms with Crippen LogP contribution in [0, 0.1) is 0 Å². The number of nitrogens with zero attached hydrogens (tertiary/aromatic N) is 3. The lowest BCUT2D eigenvalue weighted by Crippen LogP contribution is -2.35. The highest BCUT2D eigenvalue weighted by Gasteiger charge is 2.20. The van der Waals surface area contributed by atoms with Gasteiger partial charge in [-0.15, -0.1) is 0 Å². The maximum Gasteiger partial charge on any atom is 0.239 e. The van der Waals surface area contributed by atoms with Crippen molar-refractivity contribution in [2.75, 3.05) is 25.0 Å². The third-order valence-corrected chi connectivity index (χ3v) is 2.96. The summed E-state index contributed by atoms with van der Waals surface area (Å²) in [5.74, 6) is 0.550. The van der Waals surface area contributed by atoms with Gasteiger partial charge in [0.1, 0.15) is 0 Å². The van der Waals surface area contributed by atoms with Gasteiger partial charge in [0.2, 0.25) is 11.9 Å². The molecule has 2 N–H and O–H groups in total. The van der Waals surface area contributed by atoms with Crippen LogP contribution in [0.5, 0.6) is 0 Å². The first-order chi connectivity index (χ1) is 9.19. The molecular weight excluding hydrogens is 242 g/mol. The summed E-state index contributed by atoms with van der Waals surface area (Å²) in [6, 6.07) is 0.681. The van der Waals surface area contributed by atoms with E-state index in [1.54, 1.807) is 4.90 Å². The summed E-state index contributed by atoms with van der Waals surface area (Å²) >= 11 is 0. The van der Waals surface area contributed by atoms with Gasteiger partial charge in [-0.05, 0) is 19.8 Å². The number of carbonyl (C=O) groups is 1. The summed E-state index contributed by atoms with van der Waals surface area (Å²) in [6.45, 7) is 3.62. The molecule has 6 nitrogen and oxygen atoms in total. The monoisotopic (exact) mass is 263 g/mol. The minimum atomic E-state index is -0.0203. The summed E-state index contributed by atoms with van der Waals surface area (Å²) in [5.41, 5.74) is 1.07. The third-order valence-electron chi connectivity index (χ3n) is 2.96. The Labute approximate surface area is 113 Å². The summed E-state index contributed by atoms with van der Waals surface area (Å²) in [7, 11) is 1.81. The van der Waals surface area contributed by atoms with Crippen LogP contribution in [0.3, 0.4) is 0 Å². The zero-order valence-corrected chi connectivity index (χ0v) is 11.5. The van der Waals surface area contributed by atoms with E-state index >= 15 is 0 Å². The fourth-order valence-corrected chi connectivity index (χ4v) is 1.73. The number of amides is 1. The molecule has 104 valence electrons. The zero-order chi connectivity index (χ0) is 13.7. The molecule has 0 aromatic carbocycles. The van der Waals surface area contributed by atoms with Crippen molar-refractivity contribution in [3.8, 4) is 0 Å². The molecule has 0 aliphatic heterocycles. The normalized spacial score (nSPS) is 14.2. The molecular formula is C13H21N5O. The van der Waals surface area contributed by atoms with Gasteiger partial charge in [0.15, 0.2) is 0 Å². The Morgan fingerprint density at radius 1 is 1.42 bits per heavy atom. The average Bonchev–Trinajstić information content (AvgIpc) is 3.21. The summed E-state index contributed by atoms with van der Waals surface area (Å²) in [5, 5.41) is 6.16. The molecule has 0 spiro atoms. The number of anilines is 1. The Morgan fingerprint density at radius 3 is 2.68 bits per heavy atom.